The molecule has 2 aliphatic carbocycles. The van der Waals surface area contributed by atoms with Crippen LogP contribution in [0.3, 0.4) is 0 Å². The summed E-state index contributed by atoms with van der Waals surface area (Å²) in [7, 11) is 0. The number of hydrogen-bond donors (Lipinski definition) is 1. The van der Waals surface area contributed by atoms with Crippen molar-refractivity contribution in [2.75, 3.05) is 13.2 Å². The van der Waals surface area contributed by atoms with Gasteiger partial charge in [-0.3, -0.25) is 9.59 Å². The average molecular weight is 423 g/mol. The van der Waals surface area contributed by atoms with Gasteiger partial charge in [0, 0.05) is 13.3 Å². The smallest absolute Gasteiger partial charge is 0.306 e. The summed E-state index contributed by atoms with van der Waals surface area (Å²) < 4.78 is 10.1. The van der Waals surface area contributed by atoms with Crippen molar-refractivity contribution in [2.24, 2.45) is 22.7 Å². The molecule has 0 spiro atoms. The lowest BCUT2D eigenvalue weighted by molar-refractivity contribution is -0.161. The summed E-state index contributed by atoms with van der Waals surface area (Å²) in [4.78, 5) is 23.2. The van der Waals surface area contributed by atoms with E-state index >= 15 is 0 Å². The van der Waals surface area contributed by atoms with Gasteiger partial charge < -0.3 is 14.6 Å². The Morgan fingerprint density at radius 1 is 1.23 bits per heavy atom. The van der Waals surface area contributed by atoms with Crippen LogP contribution in [0.1, 0.15) is 92.9 Å². The third-order valence-corrected chi connectivity index (χ3v) is 7.62. The number of carbonyl (C=O) groups is 2. The molecule has 0 heterocycles. The number of aliphatic hydroxyl groups is 1. The Labute approximate surface area is 182 Å². The zero-order valence-corrected chi connectivity index (χ0v) is 19.9. The molecule has 0 saturated heterocycles. The van der Waals surface area contributed by atoms with Gasteiger partial charge in [0.1, 0.15) is 6.61 Å². The van der Waals surface area contributed by atoms with E-state index in [4.69, 9.17) is 9.47 Å². The molecule has 0 bridgehead atoms. The molecular weight excluding hydrogens is 380 g/mol. The van der Waals surface area contributed by atoms with E-state index in [2.05, 4.69) is 34.6 Å². The number of ether oxygens (including phenoxy) is 2. The summed E-state index contributed by atoms with van der Waals surface area (Å²) in [5, 5.41) is 9.33. The zero-order chi connectivity index (χ0) is 22.5. The predicted octanol–water partition coefficient (Wildman–Crippen LogP) is 5.20. The fraction of sp³-hybridized carbons (Fsp3) is 0.840. The van der Waals surface area contributed by atoms with Gasteiger partial charge in [-0.25, -0.2) is 0 Å². The average Bonchev–Trinajstić information content (AvgIpc) is 2.63. The van der Waals surface area contributed by atoms with Crippen LogP contribution in [-0.4, -0.2) is 36.4 Å². The maximum absolute atomic E-state index is 12.3. The van der Waals surface area contributed by atoms with Crippen molar-refractivity contribution < 1.29 is 24.2 Å². The molecule has 2 aliphatic rings. The Kier molecular flexibility index (Phi) is 8.55. The molecule has 0 aliphatic heterocycles. The lowest BCUT2D eigenvalue weighted by Gasteiger charge is -2.55. The van der Waals surface area contributed by atoms with Crippen molar-refractivity contribution in [3.63, 3.8) is 0 Å². The van der Waals surface area contributed by atoms with Crippen molar-refractivity contribution >= 4 is 11.9 Å². The highest BCUT2D eigenvalue weighted by molar-refractivity contribution is 5.70. The molecule has 30 heavy (non-hydrogen) atoms. The highest BCUT2D eigenvalue weighted by atomic mass is 16.6. The van der Waals surface area contributed by atoms with Crippen LogP contribution < -0.4 is 0 Å². The summed E-state index contributed by atoms with van der Waals surface area (Å²) in [6, 6.07) is 0. The molecule has 2 rings (SSSR count). The van der Waals surface area contributed by atoms with Gasteiger partial charge >= 0.3 is 11.9 Å². The third-order valence-electron chi connectivity index (χ3n) is 7.62. The van der Waals surface area contributed by atoms with E-state index < -0.39 is 12.1 Å². The Bertz CT molecular complexity index is 650. The molecule has 2 unspecified atom stereocenters. The molecule has 0 amide bonds. The van der Waals surface area contributed by atoms with Crippen LogP contribution in [0.25, 0.3) is 0 Å². The minimum absolute atomic E-state index is 0.104. The van der Waals surface area contributed by atoms with Gasteiger partial charge in [-0.05, 0) is 68.1 Å². The molecule has 0 aromatic heterocycles. The molecule has 5 nitrogen and oxygen atoms in total. The summed E-state index contributed by atoms with van der Waals surface area (Å²) in [5.41, 5.74) is 3.88. The van der Waals surface area contributed by atoms with Gasteiger partial charge in [0.2, 0.25) is 0 Å². The van der Waals surface area contributed by atoms with Crippen LogP contribution in [0.15, 0.2) is 11.1 Å². The van der Waals surface area contributed by atoms with Crippen LogP contribution in [0.2, 0.25) is 0 Å². The second-order valence-electron chi connectivity index (χ2n) is 10.6. The van der Waals surface area contributed by atoms with Gasteiger partial charge in [0.05, 0.1) is 6.61 Å². The Hall–Kier alpha value is -1.36. The van der Waals surface area contributed by atoms with Gasteiger partial charge in [0.25, 0.3) is 0 Å². The second-order valence-corrected chi connectivity index (χ2v) is 10.6. The molecule has 1 saturated carbocycles. The van der Waals surface area contributed by atoms with Crippen molar-refractivity contribution in [2.45, 2.75) is 99.0 Å². The molecule has 0 aromatic carbocycles. The molecule has 5 heteroatoms. The number of aliphatic hydroxyl groups excluding tert-OH is 1. The van der Waals surface area contributed by atoms with E-state index in [1.165, 1.54) is 39.0 Å². The molecule has 1 N–H and O–H groups in total. The van der Waals surface area contributed by atoms with Gasteiger partial charge in [0.15, 0.2) is 6.10 Å². The fourth-order valence-corrected chi connectivity index (χ4v) is 6.04. The maximum Gasteiger partial charge on any atom is 0.306 e. The first-order valence-corrected chi connectivity index (χ1v) is 11.6. The van der Waals surface area contributed by atoms with E-state index in [0.717, 1.165) is 18.8 Å². The number of fused-ring (bicyclic) bond motifs is 1. The largest absolute Gasteiger partial charge is 0.462 e. The van der Waals surface area contributed by atoms with Crippen LogP contribution >= 0.6 is 0 Å². The van der Waals surface area contributed by atoms with Crippen molar-refractivity contribution in [1.29, 1.82) is 0 Å². The SMILES string of the molecule is CC(=O)OCC(CO)OC(=O)C[C@H](C)CCC1=C(C)CC[C@@H]2C(C)(C)CCCC12C. The zero-order valence-electron chi connectivity index (χ0n) is 19.9. The summed E-state index contributed by atoms with van der Waals surface area (Å²) >= 11 is 0. The predicted molar refractivity (Wildman–Crippen MR) is 118 cm³/mol. The standard InChI is InChI=1S/C25H42O5/c1-17(14-23(28)30-20(15-26)16-29-19(3)27)8-10-21-18(2)9-11-22-24(4,5)12-7-13-25(21,22)6/h17,20,22,26H,7-16H2,1-6H3/t17-,20?,22-,25?/m1/s1. The van der Waals surface area contributed by atoms with E-state index in [0.29, 0.717) is 11.8 Å². The van der Waals surface area contributed by atoms with Crippen LogP contribution in [-0.2, 0) is 19.1 Å². The number of rotatable bonds is 9. The molecule has 0 radical (unpaired) electrons. The van der Waals surface area contributed by atoms with Gasteiger partial charge in [-0.1, -0.05) is 45.3 Å². The number of hydrogen-bond acceptors (Lipinski definition) is 5. The first-order valence-electron chi connectivity index (χ1n) is 11.6. The quantitative estimate of drug-likeness (QED) is 0.408. The molecule has 1 fully saturated rings. The normalized spacial score (nSPS) is 27.8. The van der Waals surface area contributed by atoms with Gasteiger partial charge in [-0.2, -0.15) is 0 Å². The summed E-state index contributed by atoms with van der Waals surface area (Å²) in [6.45, 7) is 12.6. The molecule has 0 aromatic rings. The lowest BCUT2D eigenvalue weighted by Crippen LogP contribution is -2.45. The van der Waals surface area contributed by atoms with E-state index in [1.54, 1.807) is 11.1 Å². The Balaban J connectivity index is 1.92. The molecule has 172 valence electrons. The number of allylic oxidation sites excluding steroid dienone is 2. The van der Waals surface area contributed by atoms with Crippen molar-refractivity contribution in [1.82, 2.24) is 0 Å². The highest BCUT2D eigenvalue weighted by Gasteiger charge is 2.49. The highest BCUT2D eigenvalue weighted by Crippen LogP contribution is 2.60. The van der Waals surface area contributed by atoms with Crippen molar-refractivity contribution in [3.05, 3.63) is 11.1 Å². The van der Waals surface area contributed by atoms with Gasteiger partial charge in [-0.15, -0.1) is 0 Å². The first-order chi connectivity index (χ1) is 14.0. The summed E-state index contributed by atoms with van der Waals surface area (Å²) in [6.07, 6.45) is 7.91. The summed E-state index contributed by atoms with van der Waals surface area (Å²) in [5.74, 6) is 0.147. The maximum atomic E-state index is 12.3. The van der Waals surface area contributed by atoms with Crippen molar-refractivity contribution in [3.8, 4) is 0 Å². The molecule has 4 atom stereocenters. The molecular formula is C25H42O5. The Morgan fingerprint density at radius 2 is 1.93 bits per heavy atom. The van der Waals surface area contributed by atoms with E-state index in [1.807, 2.05) is 0 Å². The second kappa shape index (κ2) is 10.3. The van der Waals surface area contributed by atoms with E-state index in [-0.39, 0.29) is 30.5 Å². The van der Waals surface area contributed by atoms with Crippen LogP contribution in [0.5, 0.6) is 0 Å². The third kappa shape index (κ3) is 6.09. The first kappa shape index (κ1) is 24.9. The lowest BCUT2D eigenvalue weighted by atomic mass is 9.50. The number of esters is 2. The fourth-order valence-electron chi connectivity index (χ4n) is 6.04. The Morgan fingerprint density at radius 3 is 2.57 bits per heavy atom. The number of carbonyl (C=O) groups excluding carboxylic acids is 2. The van der Waals surface area contributed by atoms with Crippen LogP contribution in [0.4, 0.5) is 0 Å². The topological polar surface area (TPSA) is 72.8 Å². The van der Waals surface area contributed by atoms with Crippen LogP contribution in [0, 0.1) is 22.7 Å². The minimum atomic E-state index is -0.791. The minimum Gasteiger partial charge on any atom is -0.462 e. The monoisotopic (exact) mass is 422 g/mol. The van der Waals surface area contributed by atoms with E-state index in [9.17, 15) is 14.7 Å².